The molecule has 4 heteroatoms. The summed E-state index contributed by atoms with van der Waals surface area (Å²) >= 11 is 0. The van der Waals surface area contributed by atoms with Crippen LogP contribution in [-0.4, -0.2) is 31.1 Å². The van der Waals surface area contributed by atoms with Crippen LogP contribution in [0.5, 0.6) is 0 Å². The molecule has 2 N–H and O–H groups in total. The quantitative estimate of drug-likeness (QED) is 0.875. The van der Waals surface area contributed by atoms with Crippen LogP contribution in [0.1, 0.15) is 39.0 Å². The van der Waals surface area contributed by atoms with Crippen LogP contribution in [0, 0.1) is 0 Å². The first-order valence-electron chi connectivity index (χ1n) is 8.13. The first-order valence-corrected chi connectivity index (χ1v) is 8.13. The number of carbonyl (C=O) groups excluding carboxylic acids is 1. The first kappa shape index (κ1) is 14.4. The Kier molecular flexibility index (Phi) is 4.44. The van der Waals surface area contributed by atoms with E-state index in [-0.39, 0.29) is 5.91 Å². The van der Waals surface area contributed by atoms with Crippen molar-refractivity contribution in [2.45, 2.75) is 51.1 Å². The van der Waals surface area contributed by atoms with Gasteiger partial charge in [-0.1, -0.05) is 0 Å². The molecule has 0 aromatic heterocycles. The Hall–Kier alpha value is -1.55. The van der Waals surface area contributed by atoms with Crippen LogP contribution in [0.3, 0.4) is 0 Å². The molecule has 2 aliphatic rings. The van der Waals surface area contributed by atoms with Gasteiger partial charge in [-0.3, -0.25) is 4.79 Å². The molecule has 1 amide bonds. The van der Waals surface area contributed by atoms with Gasteiger partial charge in [0.1, 0.15) is 0 Å². The molecule has 3 rings (SSSR count). The topological polar surface area (TPSA) is 44.4 Å². The summed E-state index contributed by atoms with van der Waals surface area (Å²) in [5.41, 5.74) is 2.16. The second-order valence-electron chi connectivity index (χ2n) is 6.27. The smallest absolute Gasteiger partial charge is 0.227 e. The zero-order valence-corrected chi connectivity index (χ0v) is 12.8. The fraction of sp³-hybridized carbons (Fsp3) is 0.588. The summed E-state index contributed by atoms with van der Waals surface area (Å²) in [6.45, 7) is 4.25. The van der Waals surface area contributed by atoms with Crippen LogP contribution in [0.25, 0.3) is 0 Å². The largest absolute Gasteiger partial charge is 0.383 e. The van der Waals surface area contributed by atoms with E-state index in [9.17, 15) is 4.79 Å². The van der Waals surface area contributed by atoms with Crippen LogP contribution in [0.2, 0.25) is 0 Å². The van der Waals surface area contributed by atoms with E-state index >= 15 is 0 Å². The number of hydrogen-bond acceptors (Lipinski definition) is 3. The Balaban J connectivity index is 1.55. The van der Waals surface area contributed by atoms with Gasteiger partial charge in [-0.25, -0.2) is 0 Å². The molecule has 4 nitrogen and oxygen atoms in total. The molecule has 2 unspecified atom stereocenters. The molecule has 1 aromatic rings. The molecule has 2 fully saturated rings. The Bertz CT molecular complexity index is 479. The second-order valence-corrected chi connectivity index (χ2v) is 6.27. The summed E-state index contributed by atoms with van der Waals surface area (Å²) in [5, 5.41) is 7.09. The zero-order chi connectivity index (χ0) is 14.7. The van der Waals surface area contributed by atoms with Gasteiger partial charge < -0.3 is 15.5 Å². The van der Waals surface area contributed by atoms with E-state index in [1.807, 2.05) is 17.0 Å². The van der Waals surface area contributed by atoms with Crippen molar-refractivity contribution in [1.82, 2.24) is 5.32 Å². The summed E-state index contributed by atoms with van der Waals surface area (Å²) in [5.74, 6) is 0.247. The second kappa shape index (κ2) is 6.48. The third-order valence-electron chi connectivity index (χ3n) is 4.47. The van der Waals surface area contributed by atoms with E-state index in [4.69, 9.17) is 0 Å². The summed E-state index contributed by atoms with van der Waals surface area (Å²) in [6.07, 6.45) is 5.42. The van der Waals surface area contributed by atoms with Crippen LogP contribution < -0.4 is 15.5 Å². The van der Waals surface area contributed by atoms with Crippen molar-refractivity contribution in [1.29, 1.82) is 0 Å². The van der Waals surface area contributed by atoms with Crippen LogP contribution in [0.15, 0.2) is 24.3 Å². The molecule has 2 saturated heterocycles. The van der Waals surface area contributed by atoms with Crippen molar-refractivity contribution in [3.63, 3.8) is 0 Å². The normalized spacial score (nSPS) is 23.6. The SMILES string of the molecule is CC(CC1CCCN1)Nc1ccc(N2CCCC2=O)cc1. The van der Waals surface area contributed by atoms with E-state index in [1.165, 1.54) is 12.8 Å². The number of benzene rings is 1. The molecule has 0 saturated carbocycles. The highest BCUT2D eigenvalue weighted by Crippen LogP contribution is 2.23. The highest BCUT2D eigenvalue weighted by Gasteiger charge is 2.21. The molecule has 114 valence electrons. The number of hydrogen-bond donors (Lipinski definition) is 2. The van der Waals surface area contributed by atoms with E-state index in [1.54, 1.807) is 0 Å². The molecule has 2 atom stereocenters. The maximum absolute atomic E-state index is 11.7. The van der Waals surface area contributed by atoms with Gasteiger partial charge in [0.25, 0.3) is 0 Å². The lowest BCUT2D eigenvalue weighted by Gasteiger charge is -2.20. The molecule has 0 spiro atoms. The standard InChI is InChI=1S/C17H25N3O/c1-13(12-15-4-2-10-18-15)19-14-6-8-16(9-7-14)20-11-3-5-17(20)21/h6-9,13,15,18-19H,2-5,10-12H2,1H3. The minimum atomic E-state index is 0.247. The number of nitrogens with zero attached hydrogens (tertiary/aromatic N) is 1. The minimum Gasteiger partial charge on any atom is -0.383 e. The van der Waals surface area contributed by atoms with Gasteiger partial charge in [0, 0.05) is 36.4 Å². The van der Waals surface area contributed by atoms with Crippen LogP contribution in [0.4, 0.5) is 11.4 Å². The average molecular weight is 287 g/mol. The number of carbonyl (C=O) groups is 1. The van der Waals surface area contributed by atoms with Crippen molar-refractivity contribution >= 4 is 17.3 Å². The molecule has 2 heterocycles. The van der Waals surface area contributed by atoms with Crippen LogP contribution in [-0.2, 0) is 4.79 Å². The van der Waals surface area contributed by atoms with Gasteiger partial charge in [-0.2, -0.15) is 0 Å². The van der Waals surface area contributed by atoms with Gasteiger partial charge in [-0.05, 0) is 63.4 Å². The van der Waals surface area contributed by atoms with Crippen molar-refractivity contribution in [3.05, 3.63) is 24.3 Å². The Morgan fingerprint density at radius 1 is 1.33 bits per heavy atom. The Labute approximate surface area is 126 Å². The summed E-state index contributed by atoms with van der Waals surface area (Å²) < 4.78 is 0. The maximum Gasteiger partial charge on any atom is 0.227 e. The fourth-order valence-corrected chi connectivity index (χ4v) is 3.39. The van der Waals surface area contributed by atoms with Crippen molar-refractivity contribution in [2.75, 3.05) is 23.3 Å². The fourth-order valence-electron chi connectivity index (χ4n) is 3.39. The molecular formula is C17H25N3O. The third kappa shape index (κ3) is 3.56. The molecule has 1 aromatic carbocycles. The molecule has 0 bridgehead atoms. The molecule has 0 radical (unpaired) electrons. The number of anilines is 2. The van der Waals surface area contributed by atoms with E-state index < -0.39 is 0 Å². The van der Waals surface area contributed by atoms with Crippen molar-refractivity contribution < 1.29 is 4.79 Å². The van der Waals surface area contributed by atoms with Gasteiger partial charge in [0.15, 0.2) is 0 Å². The van der Waals surface area contributed by atoms with Gasteiger partial charge in [0.05, 0.1) is 0 Å². The monoisotopic (exact) mass is 287 g/mol. The molecule has 0 aliphatic carbocycles. The predicted octanol–water partition coefficient (Wildman–Crippen LogP) is 2.76. The average Bonchev–Trinajstić information content (AvgIpc) is 3.11. The Morgan fingerprint density at radius 2 is 2.14 bits per heavy atom. The Morgan fingerprint density at radius 3 is 2.76 bits per heavy atom. The zero-order valence-electron chi connectivity index (χ0n) is 12.8. The van der Waals surface area contributed by atoms with Crippen LogP contribution >= 0.6 is 0 Å². The summed E-state index contributed by atoms with van der Waals surface area (Å²) in [6, 6.07) is 9.38. The maximum atomic E-state index is 11.7. The summed E-state index contributed by atoms with van der Waals surface area (Å²) in [7, 11) is 0. The predicted molar refractivity (Wildman–Crippen MR) is 86.8 cm³/mol. The highest BCUT2D eigenvalue weighted by molar-refractivity contribution is 5.95. The minimum absolute atomic E-state index is 0.247. The van der Waals surface area contributed by atoms with Gasteiger partial charge >= 0.3 is 0 Å². The third-order valence-corrected chi connectivity index (χ3v) is 4.47. The van der Waals surface area contributed by atoms with Crippen molar-refractivity contribution in [3.8, 4) is 0 Å². The van der Waals surface area contributed by atoms with Gasteiger partial charge in [0.2, 0.25) is 5.91 Å². The van der Waals surface area contributed by atoms with Crippen molar-refractivity contribution in [2.24, 2.45) is 0 Å². The molecule has 2 aliphatic heterocycles. The number of amides is 1. The lowest BCUT2D eigenvalue weighted by Crippen LogP contribution is -2.29. The number of rotatable bonds is 5. The van der Waals surface area contributed by atoms with E-state index in [0.29, 0.717) is 18.5 Å². The lowest BCUT2D eigenvalue weighted by atomic mass is 10.1. The molecule has 21 heavy (non-hydrogen) atoms. The summed E-state index contributed by atoms with van der Waals surface area (Å²) in [4.78, 5) is 13.6. The first-order chi connectivity index (χ1) is 10.2. The van der Waals surface area contributed by atoms with E-state index in [2.05, 4.69) is 29.7 Å². The number of nitrogens with one attached hydrogen (secondary N) is 2. The van der Waals surface area contributed by atoms with Gasteiger partial charge in [-0.15, -0.1) is 0 Å². The molecular weight excluding hydrogens is 262 g/mol. The lowest BCUT2D eigenvalue weighted by molar-refractivity contribution is -0.117. The van der Waals surface area contributed by atoms with E-state index in [0.717, 1.165) is 37.3 Å². The highest BCUT2D eigenvalue weighted by atomic mass is 16.2.